The molecule has 5 heteroatoms. The van der Waals surface area contributed by atoms with Gasteiger partial charge in [0.05, 0.1) is 0 Å². The van der Waals surface area contributed by atoms with Gasteiger partial charge in [0, 0.05) is 21.8 Å². The maximum absolute atomic E-state index is 12.3. The van der Waals surface area contributed by atoms with Crippen molar-refractivity contribution in [2.45, 2.75) is 12.8 Å². The highest BCUT2D eigenvalue weighted by Gasteiger charge is 2.56. The van der Waals surface area contributed by atoms with Gasteiger partial charge < -0.3 is 5.11 Å². The number of halogens is 2. The van der Waals surface area contributed by atoms with E-state index in [-0.39, 0.29) is 17.0 Å². The number of carbonyl (C=O) groups excluding carboxylic acids is 1. The SMILES string of the molecule is CC1c2cc(Cl)ccc2C(=O)C1(CBr)C(=O)O. The number of hydrogen-bond acceptors (Lipinski definition) is 2. The summed E-state index contributed by atoms with van der Waals surface area (Å²) in [5.41, 5.74) is -0.236. The predicted molar refractivity (Wildman–Crippen MR) is 68.1 cm³/mol. The number of rotatable bonds is 2. The van der Waals surface area contributed by atoms with Gasteiger partial charge in [-0.2, -0.15) is 0 Å². The maximum atomic E-state index is 12.3. The van der Waals surface area contributed by atoms with Crippen LogP contribution in [0.1, 0.15) is 28.8 Å². The summed E-state index contributed by atoms with van der Waals surface area (Å²) >= 11 is 9.04. The first-order valence-corrected chi connectivity index (χ1v) is 6.58. The molecule has 17 heavy (non-hydrogen) atoms. The number of ketones is 1. The Hall–Kier alpha value is -0.870. The number of hydrogen-bond donors (Lipinski definition) is 1. The van der Waals surface area contributed by atoms with Crippen molar-refractivity contribution in [1.29, 1.82) is 0 Å². The third-order valence-corrected chi connectivity index (χ3v) is 4.58. The minimum Gasteiger partial charge on any atom is -0.480 e. The van der Waals surface area contributed by atoms with E-state index in [1.54, 1.807) is 25.1 Å². The van der Waals surface area contributed by atoms with Crippen LogP contribution in [-0.2, 0) is 4.79 Å². The molecule has 90 valence electrons. The van der Waals surface area contributed by atoms with E-state index in [4.69, 9.17) is 11.6 Å². The standard InChI is InChI=1S/C12H10BrClO3/c1-6-9-4-7(14)2-3-8(9)10(15)12(6,5-13)11(16)17/h2-4,6H,5H2,1H3,(H,16,17). The van der Waals surface area contributed by atoms with E-state index >= 15 is 0 Å². The van der Waals surface area contributed by atoms with Crippen LogP contribution < -0.4 is 0 Å². The Morgan fingerprint density at radius 3 is 2.76 bits per heavy atom. The van der Waals surface area contributed by atoms with Crippen LogP contribution in [0.15, 0.2) is 18.2 Å². The molecule has 1 aromatic carbocycles. The maximum Gasteiger partial charge on any atom is 0.319 e. The summed E-state index contributed by atoms with van der Waals surface area (Å²) in [6, 6.07) is 4.88. The molecular formula is C12H10BrClO3. The Morgan fingerprint density at radius 1 is 1.59 bits per heavy atom. The predicted octanol–water partition coefficient (Wildman–Crippen LogP) is 3.11. The Balaban J connectivity index is 2.66. The molecule has 1 aliphatic rings. The lowest BCUT2D eigenvalue weighted by molar-refractivity contribution is -0.145. The van der Waals surface area contributed by atoms with Crippen LogP contribution in [0.4, 0.5) is 0 Å². The van der Waals surface area contributed by atoms with Crippen molar-refractivity contribution in [3.05, 3.63) is 34.3 Å². The molecule has 1 aromatic rings. The summed E-state index contributed by atoms with van der Waals surface area (Å²) < 4.78 is 0. The van der Waals surface area contributed by atoms with Crippen LogP contribution in [-0.4, -0.2) is 22.2 Å². The summed E-state index contributed by atoms with van der Waals surface area (Å²) in [7, 11) is 0. The molecule has 0 amide bonds. The number of alkyl halides is 1. The number of benzene rings is 1. The fraction of sp³-hybridized carbons (Fsp3) is 0.333. The van der Waals surface area contributed by atoms with Crippen LogP contribution in [0.3, 0.4) is 0 Å². The lowest BCUT2D eigenvalue weighted by Gasteiger charge is -2.25. The lowest BCUT2D eigenvalue weighted by atomic mass is 9.78. The molecule has 0 bridgehead atoms. The summed E-state index contributed by atoms with van der Waals surface area (Å²) in [4.78, 5) is 23.7. The third kappa shape index (κ3) is 1.54. The van der Waals surface area contributed by atoms with Crippen LogP contribution in [0.5, 0.6) is 0 Å². The molecule has 2 atom stereocenters. The minimum atomic E-state index is -1.41. The minimum absolute atomic E-state index is 0.0988. The Kier molecular flexibility index (Phi) is 3.04. The molecular weight excluding hydrogens is 307 g/mol. The van der Waals surface area contributed by atoms with Crippen molar-refractivity contribution in [3.8, 4) is 0 Å². The number of carboxylic acid groups (broad SMARTS) is 1. The first kappa shape index (κ1) is 12.6. The zero-order valence-electron chi connectivity index (χ0n) is 9.04. The summed E-state index contributed by atoms with van der Waals surface area (Å²) in [5, 5.41) is 9.97. The van der Waals surface area contributed by atoms with Gasteiger partial charge in [-0.3, -0.25) is 9.59 Å². The second-order valence-electron chi connectivity index (χ2n) is 4.19. The lowest BCUT2D eigenvalue weighted by Crippen LogP contribution is -2.40. The molecule has 0 saturated heterocycles. The monoisotopic (exact) mass is 316 g/mol. The zero-order chi connectivity index (χ0) is 12.8. The molecule has 2 rings (SSSR count). The normalized spacial score (nSPS) is 27.0. The van der Waals surface area contributed by atoms with Gasteiger partial charge in [0.25, 0.3) is 0 Å². The summed E-state index contributed by atoms with van der Waals surface area (Å²) in [6.45, 7) is 1.75. The van der Waals surface area contributed by atoms with Gasteiger partial charge in [-0.15, -0.1) is 0 Å². The fourth-order valence-electron chi connectivity index (χ4n) is 2.32. The largest absolute Gasteiger partial charge is 0.480 e. The van der Waals surface area contributed by atoms with Crippen molar-refractivity contribution in [2.75, 3.05) is 5.33 Å². The number of Topliss-reactive ketones (excluding diaryl/α,β-unsaturated/α-hetero) is 1. The van der Waals surface area contributed by atoms with E-state index in [1.807, 2.05) is 0 Å². The van der Waals surface area contributed by atoms with Crippen molar-refractivity contribution in [1.82, 2.24) is 0 Å². The van der Waals surface area contributed by atoms with E-state index in [0.29, 0.717) is 16.1 Å². The van der Waals surface area contributed by atoms with Crippen LogP contribution in [0, 0.1) is 5.41 Å². The topological polar surface area (TPSA) is 54.4 Å². The van der Waals surface area contributed by atoms with Crippen LogP contribution in [0.25, 0.3) is 0 Å². The molecule has 0 radical (unpaired) electrons. The molecule has 2 unspecified atom stereocenters. The van der Waals surface area contributed by atoms with E-state index < -0.39 is 11.4 Å². The average molecular weight is 318 g/mol. The smallest absolute Gasteiger partial charge is 0.319 e. The van der Waals surface area contributed by atoms with Crippen molar-refractivity contribution < 1.29 is 14.7 Å². The molecule has 1 aliphatic carbocycles. The van der Waals surface area contributed by atoms with Gasteiger partial charge in [-0.1, -0.05) is 34.5 Å². The van der Waals surface area contributed by atoms with Gasteiger partial charge in [-0.25, -0.2) is 0 Å². The quantitative estimate of drug-likeness (QED) is 0.673. The Labute approximate surface area is 112 Å². The molecule has 3 nitrogen and oxygen atoms in total. The first-order valence-electron chi connectivity index (χ1n) is 5.08. The van der Waals surface area contributed by atoms with Gasteiger partial charge in [0.1, 0.15) is 5.41 Å². The molecule has 0 fully saturated rings. The Morgan fingerprint density at radius 2 is 2.24 bits per heavy atom. The summed E-state index contributed by atoms with van der Waals surface area (Å²) in [6.07, 6.45) is 0. The first-order chi connectivity index (χ1) is 7.95. The number of carbonyl (C=O) groups is 2. The van der Waals surface area contributed by atoms with Gasteiger partial charge in [-0.05, 0) is 23.8 Å². The Bertz CT molecular complexity index is 514. The highest BCUT2D eigenvalue weighted by molar-refractivity contribution is 9.09. The number of fused-ring (bicyclic) bond motifs is 1. The summed E-state index contributed by atoms with van der Waals surface area (Å²) in [5.74, 6) is -1.83. The number of aliphatic carboxylic acids is 1. The second kappa shape index (κ2) is 4.10. The fourth-order valence-corrected chi connectivity index (χ4v) is 3.48. The van der Waals surface area contributed by atoms with E-state index in [9.17, 15) is 14.7 Å². The van der Waals surface area contributed by atoms with E-state index in [0.717, 1.165) is 0 Å². The molecule has 0 aromatic heterocycles. The molecule has 1 N–H and O–H groups in total. The highest BCUT2D eigenvalue weighted by Crippen LogP contribution is 2.48. The van der Waals surface area contributed by atoms with E-state index in [1.165, 1.54) is 0 Å². The molecule has 0 saturated carbocycles. The van der Waals surface area contributed by atoms with Crippen molar-refractivity contribution in [3.63, 3.8) is 0 Å². The van der Waals surface area contributed by atoms with E-state index in [2.05, 4.69) is 15.9 Å². The molecule has 0 spiro atoms. The van der Waals surface area contributed by atoms with Gasteiger partial charge in [0.2, 0.25) is 0 Å². The third-order valence-electron chi connectivity index (χ3n) is 3.46. The van der Waals surface area contributed by atoms with Crippen molar-refractivity contribution >= 4 is 39.3 Å². The zero-order valence-corrected chi connectivity index (χ0v) is 11.4. The van der Waals surface area contributed by atoms with Crippen LogP contribution >= 0.6 is 27.5 Å². The second-order valence-corrected chi connectivity index (χ2v) is 5.19. The molecule has 0 aliphatic heterocycles. The van der Waals surface area contributed by atoms with Gasteiger partial charge >= 0.3 is 5.97 Å². The average Bonchev–Trinajstić information content (AvgIpc) is 2.49. The van der Waals surface area contributed by atoms with Crippen molar-refractivity contribution in [2.24, 2.45) is 5.41 Å². The highest BCUT2D eigenvalue weighted by atomic mass is 79.9. The molecule has 0 heterocycles. The number of carboxylic acids is 1. The van der Waals surface area contributed by atoms with Gasteiger partial charge in [0.15, 0.2) is 5.78 Å². The van der Waals surface area contributed by atoms with Crippen LogP contribution in [0.2, 0.25) is 5.02 Å².